The summed E-state index contributed by atoms with van der Waals surface area (Å²) in [5.41, 5.74) is 2.58. The summed E-state index contributed by atoms with van der Waals surface area (Å²) in [5, 5.41) is 2.93. The number of nitrogens with zero attached hydrogens (tertiary/aromatic N) is 2. The third kappa shape index (κ3) is 3.90. The average molecular weight is 405 g/mol. The molecule has 6 nitrogen and oxygen atoms in total. The predicted octanol–water partition coefficient (Wildman–Crippen LogP) is 4.49. The zero-order valence-electron chi connectivity index (χ0n) is 15.7. The summed E-state index contributed by atoms with van der Waals surface area (Å²) in [4.78, 5) is 8.61. The maximum absolute atomic E-state index is 13.2. The molecule has 0 fully saturated rings. The van der Waals surface area contributed by atoms with Crippen molar-refractivity contribution < 1.29 is 12.8 Å². The van der Waals surface area contributed by atoms with Gasteiger partial charge in [0, 0.05) is 24.5 Å². The molecule has 0 bridgehead atoms. The molecule has 0 amide bonds. The minimum Gasteiger partial charge on any atom is -0.419 e. The van der Waals surface area contributed by atoms with Gasteiger partial charge in [-0.15, -0.1) is 0 Å². The normalized spacial score (nSPS) is 11.3. The van der Waals surface area contributed by atoms with Crippen molar-refractivity contribution in [2.75, 3.05) is 5.32 Å². The van der Waals surface area contributed by atoms with Crippen LogP contribution in [-0.2, 0) is 16.4 Å². The minimum absolute atomic E-state index is 0.107. The van der Waals surface area contributed by atoms with Gasteiger partial charge in [0.05, 0.1) is 4.90 Å². The van der Waals surface area contributed by atoms with Gasteiger partial charge in [0.2, 0.25) is 26.6 Å². The van der Waals surface area contributed by atoms with Crippen LogP contribution in [0.5, 0.6) is 0 Å². The molecule has 2 aromatic heterocycles. The first-order valence-electron chi connectivity index (χ1n) is 9.05. The second kappa shape index (κ2) is 7.89. The Bertz CT molecular complexity index is 1220. The molecular formula is C22H19N3O3S. The van der Waals surface area contributed by atoms with Gasteiger partial charge >= 0.3 is 0 Å². The van der Waals surface area contributed by atoms with Crippen LogP contribution in [0.4, 0.5) is 5.88 Å². The number of aromatic nitrogens is 2. The fraction of sp³-hybridized carbons (Fsp3) is 0.0909. The zero-order valence-corrected chi connectivity index (χ0v) is 16.6. The molecule has 0 aliphatic heterocycles. The number of hydrogen-bond donors (Lipinski definition) is 1. The third-order valence-corrected chi connectivity index (χ3v) is 6.13. The van der Waals surface area contributed by atoms with Crippen molar-refractivity contribution in [1.29, 1.82) is 0 Å². The van der Waals surface area contributed by atoms with Crippen LogP contribution >= 0.6 is 0 Å². The Morgan fingerprint density at radius 1 is 0.966 bits per heavy atom. The Morgan fingerprint density at radius 3 is 2.45 bits per heavy atom. The Morgan fingerprint density at radius 2 is 1.72 bits per heavy atom. The summed E-state index contributed by atoms with van der Waals surface area (Å²) in [5.74, 6) is 0.363. The van der Waals surface area contributed by atoms with Gasteiger partial charge in [-0.05, 0) is 42.3 Å². The average Bonchev–Trinajstić information content (AvgIpc) is 3.19. The standard InChI is InChI=1S/C22H19N3O3S/c1-16-8-5-6-12-19(16)20-25-22(29(26,27)18-10-3-2-4-11-18)21(28-20)24-15-17-9-7-13-23-14-17/h2-14,24H,15H2,1H3. The quantitative estimate of drug-likeness (QED) is 0.509. The van der Waals surface area contributed by atoms with Crippen LogP contribution in [0.15, 0.2) is 93.5 Å². The number of aryl methyl sites for hydroxylation is 1. The van der Waals surface area contributed by atoms with Gasteiger partial charge in [-0.2, -0.15) is 4.98 Å². The van der Waals surface area contributed by atoms with Crippen molar-refractivity contribution >= 4 is 15.7 Å². The molecule has 7 heteroatoms. The molecule has 2 heterocycles. The molecule has 4 aromatic rings. The highest BCUT2D eigenvalue weighted by Gasteiger charge is 2.28. The lowest BCUT2D eigenvalue weighted by Gasteiger charge is -2.06. The minimum atomic E-state index is -3.86. The van der Waals surface area contributed by atoms with Crippen molar-refractivity contribution in [3.8, 4) is 11.5 Å². The molecule has 146 valence electrons. The number of hydrogen-bond acceptors (Lipinski definition) is 6. The smallest absolute Gasteiger partial charge is 0.234 e. The molecule has 29 heavy (non-hydrogen) atoms. The lowest BCUT2D eigenvalue weighted by Crippen LogP contribution is -2.07. The first-order chi connectivity index (χ1) is 14.1. The molecule has 0 aliphatic rings. The Balaban J connectivity index is 1.79. The summed E-state index contributed by atoms with van der Waals surface area (Å²) >= 11 is 0. The van der Waals surface area contributed by atoms with E-state index in [1.807, 2.05) is 43.3 Å². The number of anilines is 1. The molecule has 2 aromatic carbocycles. The highest BCUT2D eigenvalue weighted by atomic mass is 32.2. The monoisotopic (exact) mass is 405 g/mol. The molecule has 0 saturated carbocycles. The van der Waals surface area contributed by atoms with Gasteiger partial charge in [0.1, 0.15) is 0 Å². The third-order valence-electron chi connectivity index (χ3n) is 4.46. The van der Waals surface area contributed by atoms with Gasteiger partial charge in [0.15, 0.2) is 0 Å². The van der Waals surface area contributed by atoms with Crippen LogP contribution in [0, 0.1) is 6.92 Å². The molecule has 0 radical (unpaired) electrons. The first kappa shape index (κ1) is 18.9. The molecule has 0 atom stereocenters. The summed E-state index contributed by atoms with van der Waals surface area (Å²) in [6, 6.07) is 19.5. The fourth-order valence-electron chi connectivity index (χ4n) is 2.92. The largest absolute Gasteiger partial charge is 0.419 e. The molecule has 1 N–H and O–H groups in total. The van der Waals surface area contributed by atoms with E-state index in [2.05, 4.69) is 15.3 Å². The van der Waals surface area contributed by atoms with Crippen molar-refractivity contribution in [2.24, 2.45) is 0 Å². The SMILES string of the molecule is Cc1ccccc1-c1nc(S(=O)(=O)c2ccccc2)c(NCc2cccnc2)o1. The highest BCUT2D eigenvalue weighted by molar-refractivity contribution is 7.91. The maximum Gasteiger partial charge on any atom is 0.234 e. The van der Waals surface area contributed by atoms with Crippen LogP contribution < -0.4 is 5.32 Å². The maximum atomic E-state index is 13.2. The molecule has 0 saturated heterocycles. The van der Waals surface area contributed by atoms with Crippen LogP contribution in [0.1, 0.15) is 11.1 Å². The van der Waals surface area contributed by atoms with E-state index in [0.717, 1.165) is 16.7 Å². The van der Waals surface area contributed by atoms with E-state index < -0.39 is 9.84 Å². The van der Waals surface area contributed by atoms with Crippen molar-refractivity contribution in [1.82, 2.24) is 9.97 Å². The van der Waals surface area contributed by atoms with Gasteiger partial charge in [-0.3, -0.25) is 4.98 Å². The molecule has 0 spiro atoms. The first-order valence-corrected chi connectivity index (χ1v) is 10.5. The Hall–Kier alpha value is -3.45. The second-order valence-corrected chi connectivity index (χ2v) is 8.36. The topological polar surface area (TPSA) is 85.1 Å². The lowest BCUT2D eigenvalue weighted by atomic mass is 10.1. The van der Waals surface area contributed by atoms with Crippen molar-refractivity contribution in [3.05, 3.63) is 90.3 Å². The van der Waals surface area contributed by atoms with Gasteiger partial charge in [-0.25, -0.2) is 8.42 Å². The van der Waals surface area contributed by atoms with E-state index in [0.29, 0.717) is 6.54 Å². The van der Waals surface area contributed by atoms with Crippen molar-refractivity contribution in [3.63, 3.8) is 0 Å². The van der Waals surface area contributed by atoms with Gasteiger partial charge in [0.25, 0.3) is 0 Å². The molecular weight excluding hydrogens is 386 g/mol. The summed E-state index contributed by atoms with van der Waals surface area (Å²) in [6.07, 6.45) is 3.39. The highest BCUT2D eigenvalue weighted by Crippen LogP contribution is 2.33. The number of nitrogens with one attached hydrogen (secondary N) is 1. The summed E-state index contributed by atoms with van der Waals surface area (Å²) < 4.78 is 32.3. The Labute approximate surface area is 169 Å². The lowest BCUT2D eigenvalue weighted by molar-refractivity contribution is 0.576. The Kier molecular flexibility index (Phi) is 5.14. The van der Waals surface area contributed by atoms with Crippen LogP contribution in [0.2, 0.25) is 0 Å². The summed E-state index contributed by atoms with van der Waals surface area (Å²) in [6.45, 7) is 2.28. The predicted molar refractivity (Wildman–Crippen MR) is 110 cm³/mol. The van der Waals surface area contributed by atoms with E-state index in [1.54, 1.807) is 42.7 Å². The van der Waals surface area contributed by atoms with E-state index >= 15 is 0 Å². The van der Waals surface area contributed by atoms with Crippen LogP contribution in [0.25, 0.3) is 11.5 Å². The number of oxazole rings is 1. The van der Waals surface area contributed by atoms with Crippen LogP contribution in [0.3, 0.4) is 0 Å². The molecule has 4 rings (SSSR count). The van der Waals surface area contributed by atoms with Crippen molar-refractivity contribution in [2.45, 2.75) is 23.4 Å². The van der Waals surface area contributed by atoms with Gasteiger partial charge < -0.3 is 9.73 Å². The second-order valence-electron chi connectivity index (χ2n) is 6.50. The zero-order chi connectivity index (χ0) is 20.3. The number of pyridine rings is 1. The number of sulfone groups is 1. The fourth-order valence-corrected chi connectivity index (χ4v) is 4.22. The molecule has 0 aliphatic carbocycles. The molecule has 0 unspecified atom stereocenters. The van der Waals surface area contributed by atoms with Crippen LogP contribution in [-0.4, -0.2) is 18.4 Å². The van der Waals surface area contributed by atoms with E-state index in [1.165, 1.54) is 0 Å². The number of rotatable bonds is 6. The van der Waals surface area contributed by atoms with E-state index in [-0.39, 0.29) is 21.7 Å². The number of benzene rings is 2. The van der Waals surface area contributed by atoms with E-state index in [9.17, 15) is 8.42 Å². The van der Waals surface area contributed by atoms with E-state index in [4.69, 9.17) is 4.42 Å². The van der Waals surface area contributed by atoms with Gasteiger partial charge in [-0.1, -0.05) is 42.5 Å². The summed E-state index contributed by atoms with van der Waals surface area (Å²) in [7, 11) is -3.86.